The van der Waals surface area contributed by atoms with Gasteiger partial charge in [-0.1, -0.05) is 24.3 Å². The zero-order valence-electron chi connectivity index (χ0n) is 9.91. The van der Waals surface area contributed by atoms with Crippen LogP contribution in [0.3, 0.4) is 0 Å². The lowest BCUT2D eigenvalue weighted by atomic mass is 9.83. The van der Waals surface area contributed by atoms with Gasteiger partial charge in [0.15, 0.2) is 0 Å². The molecule has 0 aromatic heterocycles. The highest BCUT2D eigenvalue weighted by molar-refractivity contribution is 6.46. The normalized spacial score (nSPS) is 19.7. The summed E-state index contributed by atoms with van der Waals surface area (Å²) in [5.41, 5.74) is -2.10. The number of halogens is 2. The summed E-state index contributed by atoms with van der Waals surface area (Å²) >= 11 is 0. The first-order valence-corrected chi connectivity index (χ1v) is 5.30. The zero-order chi connectivity index (χ0) is 13.6. The molecule has 92 valence electrons. The van der Waals surface area contributed by atoms with E-state index in [2.05, 4.69) is 9.65 Å². The lowest BCUT2D eigenvalue weighted by Gasteiger charge is -2.36. The van der Waals surface area contributed by atoms with Crippen molar-refractivity contribution in [1.29, 1.82) is 0 Å². The number of rotatable bonds is 1. The fraction of sp³-hybridized carbons (Fsp3) is 0.333. The van der Waals surface area contributed by atoms with Crippen LogP contribution in [0.5, 0.6) is 0 Å². The molecule has 0 fully saturated rings. The number of fused-ring (bicyclic) bond motifs is 1. The number of carbonyl (C=O) groups is 1. The quantitative estimate of drug-likeness (QED) is 0.714. The SMILES string of the molecule is [B]OC(=O)C1=NC(C)(C)C(F)(F)c2ccccc21. The minimum atomic E-state index is -3.16. The molecule has 0 unspecified atom stereocenters. The minimum absolute atomic E-state index is 0.0530. The van der Waals surface area contributed by atoms with E-state index in [9.17, 15) is 13.6 Å². The highest BCUT2D eigenvalue weighted by Crippen LogP contribution is 2.45. The van der Waals surface area contributed by atoms with Crippen LogP contribution in [0.15, 0.2) is 29.3 Å². The lowest BCUT2D eigenvalue weighted by Crippen LogP contribution is -2.45. The van der Waals surface area contributed by atoms with E-state index in [1.807, 2.05) is 0 Å². The van der Waals surface area contributed by atoms with Crippen LogP contribution in [-0.4, -0.2) is 25.3 Å². The van der Waals surface area contributed by atoms with Gasteiger partial charge in [0.05, 0.1) is 0 Å². The van der Waals surface area contributed by atoms with Crippen molar-refractivity contribution >= 4 is 19.7 Å². The maximum Gasteiger partial charge on any atom is 0.378 e. The van der Waals surface area contributed by atoms with Gasteiger partial charge in [-0.25, -0.2) is 4.79 Å². The Bertz CT molecular complexity index is 541. The summed E-state index contributed by atoms with van der Waals surface area (Å²) in [4.78, 5) is 15.3. The predicted octanol–water partition coefficient (Wildman–Crippen LogP) is 1.99. The van der Waals surface area contributed by atoms with Crippen molar-refractivity contribution in [1.82, 2.24) is 0 Å². The summed E-state index contributed by atoms with van der Waals surface area (Å²) in [6.07, 6.45) is 0. The molecule has 18 heavy (non-hydrogen) atoms. The molecule has 6 heteroatoms. The molecule has 1 aromatic carbocycles. The van der Waals surface area contributed by atoms with Gasteiger partial charge < -0.3 is 4.65 Å². The van der Waals surface area contributed by atoms with E-state index in [4.69, 9.17) is 8.05 Å². The fourth-order valence-corrected chi connectivity index (χ4v) is 1.91. The highest BCUT2D eigenvalue weighted by Gasteiger charge is 2.53. The number of benzene rings is 1. The molecule has 0 aliphatic carbocycles. The average molecular weight is 249 g/mol. The molecule has 2 rings (SSSR count). The molecule has 0 spiro atoms. The van der Waals surface area contributed by atoms with Crippen molar-refractivity contribution in [2.45, 2.75) is 25.3 Å². The van der Waals surface area contributed by atoms with E-state index in [1.54, 1.807) is 6.07 Å². The summed E-state index contributed by atoms with van der Waals surface area (Å²) in [6, 6.07) is 5.70. The van der Waals surface area contributed by atoms with Gasteiger partial charge in [0.25, 0.3) is 5.92 Å². The van der Waals surface area contributed by atoms with Crippen LogP contribution in [0, 0.1) is 0 Å². The van der Waals surface area contributed by atoms with Gasteiger partial charge in [0.1, 0.15) is 11.3 Å². The Morgan fingerprint density at radius 3 is 2.56 bits per heavy atom. The smallest absolute Gasteiger partial charge is 0.378 e. The van der Waals surface area contributed by atoms with E-state index < -0.39 is 17.4 Å². The molecule has 0 N–H and O–H groups in total. The molecule has 0 amide bonds. The van der Waals surface area contributed by atoms with Crippen molar-refractivity contribution in [3.05, 3.63) is 35.4 Å². The van der Waals surface area contributed by atoms with Gasteiger partial charge in [-0.3, -0.25) is 4.99 Å². The van der Waals surface area contributed by atoms with Crippen molar-refractivity contribution < 1.29 is 18.2 Å². The summed E-state index contributed by atoms with van der Waals surface area (Å²) in [5.74, 6) is -4.09. The van der Waals surface area contributed by atoms with Gasteiger partial charge in [-0.2, -0.15) is 8.78 Å². The molecule has 3 nitrogen and oxygen atoms in total. The molecular weight excluding hydrogens is 239 g/mol. The number of aliphatic imine (C=N–C) groups is 1. The Hall–Kier alpha value is -1.72. The third kappa shape index (κ3) is 1.63. The van der Waals surface area contributed by atoms with Gasteiger partial charge in [0.2, 0.25) is 0 Å². The summed E-state index contributed by atoms with van der Waals surface area (Å²) in [6.45, 7) is 2.51. The van der Waals surface area contributed by atoms with Crippen molar-refractivity contribution in [2.75, 3.05) is 0 Å². The second-order valence-electron chi connectivity index (χ2n) is 4.54. The standard InChI is InChI=1S/C12H10BF2NO2/c1-11(2)12(14,15)8-6-4-3-5-7(8)9(16-11)10(17)18-13/h3-6H,1-2H3. The molecule has 0 saturated carbocycles. The zero-order valence-corrected chi connectivity index (χ0v) is 9.91. The van der Waals surface area contributed by atoms with Crippen LogP contribution in [0.2, 0.25) is 0 Å². The summed E-state index contributed by atoms with van der Waals surface area (Å²) < 4.78 is 32.5. The Morgan fingerprint density at radius 2 is 1.94 bits per heavy atom. The van der Waals surface area contributed by atoms with E-state index in [0.29, 0.717) is 0 Å². The predicted molar refractivity (Wildman–Crippen MR) is 62.8 cm³/mol. The van der Waals surface area contributed by atoms with Gasteiger partial charge in [-0.15, -0.1) is 0 Å². The molecule has 0 bridgehead atoms. The van der Waals surface area contributed by atoms with E-state index in [0.717, 1.165) is 0 Å². The van der Waals surface area contributed by atoms with Crippen molar-refractivity contribution in [2.24, 2.45) is 4.99 Å². The van der Waals surface area contributed by atoms with Crippen LogP contribution in [-0.2, 0) is 15.4 Å². The van der Waals surface area contributed by atoms with Crippen LogP contribution in [0.4, 0.5) is 8.78 Å². The number of hydrogen-bond donors (Lipinski definition) is 0. The first-order valence-electron chi connectivity index (χ1n) is 5.30. The van der Waals surface area contributed by atoms with Crippen molar-refractivity contribution in [3.8, 4) is 0 Å². The van der Waals surface area contributed by atoms with Crippen LogP contribution < -0.4 is 0 Å². The third-order valence-corrected chi connectivity index (χ3v) is 2.98. The van der Waals surface area contributed by atoms with Gasteiger partial charge in [0, 0.05) is 11.1 Å². The van der Waals surface area contributed by atoms with Crippen LogP contribution in [0.25, 0.3) is 0 Å². The van der Waals surface area contributed by atoms with Crippen LogP contribution >= 0.6 is 0 Å². The summed E-state index contributed by atoms with van der Waals surface area (Å²) in [7, 11) is 4.80. The third-order valence-electron chi connectivity index (χ3n) is 2.98. The molecular formula is C12H10BF2NO2. The van der Waals surface area contributed by atoms with Gasteiger partial charge in [-0.05, 0) is 13.8 Å². The van der Waals surface area contributed by atoms with Gasteiger partial charge >= 0.3 is 14.0 Å². The molecule has 1 aliphatic rings. The Labute approximate surface area is 104 Å². The topological polar surface area (TPSA) is 38.7 Å². The number of nitrogens with zero attached hydrogens (tertiary/aromatic N) is 1. The summed E-state index contributed by atoms with van der Waals surface area (Å²) in [5, 5.41) is 0. The second-order valence-corrected chi connectivity index (χ2v) is 4.54. The number of carbonyl (C=O) groups excluding carboxylic acids is 1. The largest absolute Gasteiger partial charge is 0.539 e. The van der Waals surface area contributed by atoms with Crippen molar-refractivity contribution in [3.63, 3.8) is 0 Å². The first kappa shape index (κ1) is 12.7. The Morgan fingerprint density at radius 1 is 1.33 bits per heavy atom. The number of alkyl halides is 2. The molecule has 1 aliphatic heterocycles. The molecule has 0 atom stereocenters. The maximum absolute atomic E-state index is 14.2. The fourth-order valence-electron chi connectivity index (χ4n) is 1.91. The molecule has 1 heterocycles. The van der Waals surface area contributed by atoms with Crippen LogP contribution in [0.1, 0.15) is 25.0 Å². The second kappa shape index (κ2) is 3.90. The van der Waals surface area contributed by atoms with E-state index >= 15 is 0 Å². The van der Waals surface area contributed by atoms with E-state index in [1.165, 1.54) is 32.0 Å². The lowest BCUT2D eigenvalue weighted by molar-refractivity contribution is -0.126. The van der Waals surface area contributed by atoms with E-state index in [-0.39, 0.29) is 16.8 Å². The monoisotopic (exact) mass is 249 g/mol. The molecule has 0 saturated heterocycles. The highest BCUT2D eigenvalue weighted by atomic mass is 19.3. The maximum atomic E-state index is 14.2. The average Bonchev–Trinajstić information content (AvgIpc) is 2.33. The first-order chi connectivity index (χ1) is 8.31. The molecule has 1 aromatic rings. The number of hydrogen-bond acceptors (Lipinski definition) is 3. The Balaban J connectivity index is 2.71. The molecule has 2 radical (unpaired) electrons. The Kier molecular flexibility index (Phi) is 2.76. The minimum Gasteiger partial charge on any atom is -0.539 e.